The molecule has 0 aromatic carbocycles. The molecule has 2 rings (SSSR count). The molecule has 128 valence electrons. The number of nitrogens with one attached hydrogen (secondary N) is 2. The first kappa shape index (κ1) is 20.0. The van der Waals surface area contributed by atoms with Crippen molar-refractivity contribution < 1.29 is 9.15 Å². The van der Waals surface area contributed by atoms with Crippen molar-refractivity contribution in [2.24, 2.45) is 4.99 Å². The fraction of sp³-hybridized carbons (Fsp3) is 0.438. The minimum Gasteiger partial charge on any atom is -0.467 e. The molecule has 0 spiro atoms. The maximum atomic E-state index is 5.54. The van der Waals surface area contributed by atoms with Crippen LogP contribution in [0.25, 0.3) is 0 Å². The Hall–Kier alpha value is -1.06. The number of nitrogens with zero attached hydrogens (tertiary/aromatic N) is 1. The first-order chi connectivity index (χ1) is 10.8. The molecule has 2 heterocycles. The third-order valence-electron chi connectivity index (χ3n) is 3.19. The fourth-order valence-electron chi connectivity index (χ4n) is 1.92. The lowest BCUT2D eigenvalue weighted by Crippen LogP contribution is -2.37. The Morgan fingerprint density at radius 1 is 1.35 bits per heavy atom. The maximum absolute atomic E-state index is 5.54. The van der Waals surface area contributed by atoms with Gasteiger partial charge in [0.1, 0.15) is 12.4 Å². The fourth-order valence-corrected chi connectivity index (χ4v) is 2.76. The molecule has 2 aromatic heterocycles. The van der Waals surface area contributed by atoms with E-state index in [0.717, 1.165) is 31.2 Å². The highest BCUT2D eigenvalue weighted by Crippen LogP contribution is 2.14. The highest BCUT2D eigenvalue weighted by molar-refractivity contribution is 14.0. The molecular weight excluding hydrogens is 425 g/mol. The van der Waals surface area contributed by atoms with Crippen molar-refractivity contribution in [1.29, 1.82) is 0 Å². The quantitative estimate of drug-likeness (QED) is 0.280. The molecule has 2 N–H and O–H groups in total. The Kier molecular flexibility index (Phi) is 9.97. The SMILES string of the molecule is CN=C(NCCCOCc1ccco1)NCc1sccc1C.I. The topological polar surface area (TPSA) is 58.8 Å². The summed E-state index contributed by atoms with van der Waals surface area (Å²) < 4.78 is 10.7. The molecule has 0 bridgehead atoms. The molecule has 0 unspecified atom stereocenters. The Morgan fingerprint density at radius 2 is 2.22 bits per heavy atom. The predicted octanol–water partition coefficient (Wildman–Crippen LogP) is 3.54. The number of furan rings is 1. The Balaban J connectivity index is 0.00000264. The number of aliphatic imine (C=N–C) groups is 1. The molecule has 0 atom stereocenters. The molecular formula is C16H24IN3O2S. The van der Waals surface area contributed by atoms with Crippen LogP contribution in [0.1, 0.15) is 22.6 Å². The summed E-state index contributed by atoms with van der Waals surface area (Å²) in [5.41, 5.74) is 1.32. The molecule has 2 aromatic rings. The highest BCUT2D eigenvalue weighted by atomic mass is 127. The number of thiophene rings is 1. The van der Waals surface area contributed by atoms with E-state index in [4.69, 9.17) is 9.15 Å². The molecule has 0 saturated heterocycles. The molecule has 0 aliphatic rings. The van der Waals surface area contributed by atoms with Gasteiger partial charge in [0.25, 0.3) is 0 Å². The van der Waals surface area contributed by atoms with Crippen molar-refractivity contribution in [3.8, 4) is 0 Å². The third-order valence-corrected chi connectivity index (χ3v) is 4.21. The van der Waals surface area contributed by atoms with Gasteiger partial charge in [-0.3, -0.25) is 4.99 Å². The van der Waals surface area contributed by atoms with E-state index in [2.05, 4.69) is 34.0 Å². The molecule has 0 saturated carbocycles. The second kappa shape index (κ2) is 11.5. The largest absolute Gasteiger partial charge is 0.467 e. The Labute approximate surface area is 158 Å². The van der Waals surface area contributed by atoms with Crippen LogP contribution in [0.4, 0.5) is 0 Å². The molecule has 0 radical (unpaired) electrons. The molecule has 5 nitrogen and oxygen atoms in total. The van der Waals surface area contributed by atoms with E-state index in [1.165, 1.54) is 10.4 Å². The summed E-state index contributed by atoms with van der Waals surface area (Å²) in [4.78, 5) is 5.56. The average molecular weight is 449 g/mol. The van der Waals surface area contributed by atoms with Gasteiger partial charge in [-0.15, -0.1) is 35.3 Å². The first-order valence-corrected chi connectivity index (χ1v) is 8.25. The second-order valence-corrected chi connectivity index (χ2v) is 5.87. The van der Waals surface area contributed by atoms with E-state index in [0.29, 0.717) is 13.2 Å². The minimum absolute atomic E-state index is 0. The first-order valence-electron chi connectivity index (χ1n) is 7.37. The van der Waals surface area contributed by atoms with Crippen molar-refractivity contribution >= 4 is 41.3 Å². The predicted molar refractivity (Wildman–Crippen MR) is 106 cm³/mol. The van der Waals surface area contributed by atoms with Gasteiger partial charge >= 0.3 is 0 Å². The third kappa shape index (κ3) is 7.36. The van der Waals surface area contributed by atoms with Crippen molar-refractivity contribution in [2.45, 2.75) is 26.5 Å². The summed E-state index contributed by atoms with van der Waals surface area (Å²) in [7, 11) is 1.78. The Morgan fingerprint density at radius 3 is 2.87 bits per heavy atom. The van der Waals surface area contributed by atoms with Gasteiger partial charge in [-0.1, -0.05) is 0 Å². The summed E-state index contributed by atoms with van der Waals surface area (Å²) in [5, 5.41) is 8.71. The normalized spacial score (nSPS) is 11.1. The second-order valence-electron chi connectivity index (χ2n) is 4.86. The number of hydrogen-bond acceptors (Lipinski definition) is 4. The number of ether oxygens (including phenoxy) is 1. The van der Waals surface area contributed by atoms with Gasteiger partial charge in [-0.2, -0.15) is 0 Å². The summed E-state index contributed by atoms with van der Waals surface area (Å²) in [6.07, 6.45) is 2.57. The van der Waals surface area contributed by atoms with E-state index >= 15 is 0 Å². The van der Waals surface area contributed by atoms with Crippen LogP contribution in [0.3, 0.4) is 0 Å². The molecule has 0 aliphatic heterocycles. The van der Waals surface area contributed by atoms with Crippen molar-refractivity contribution in [3.05, 3.63) is 46.0 Å². The lowest BCUT2D eigenvalue weighted by atomic mass is 10.3. The molecule has 0 fully saturated rings. The smallest absolute Gasteiger partial charge is 0.191 e. The van der Waals surface area contributed by atoms with Gasteiger partial charge < -0.3 is 19.8 Å². The van der Waals surface area contributed by atoms with Crippen molar-refractivity contribution in [2.75, 3.05) is 20.2 Å². The van der Waals surface area contributed by atoms with Gasteiger partial charge in [-0.05, 0) is 42.5 Å². The number of halogens is 1. The molecule has 7 heteroatoms. The molecule has 23 heavy (non-hydrogen) atoms. The monoisotopic (exact) mass is 449 g/mol. The van der Waals surface area contributed by atoms with Gasteiger partial charge in [0.15, 0.2) is 5.96 Å². The van der Waals surface area contributed by atoms with Gasteiger partial charge in [-0.25, -0.2) is 0 Å². The van der Waals surface area contributed by atoms with Crippen molar-refractivity contribution in [3.63, 3.8) is 0 Å². The van der Waals surface area contributed by atoms with E-state index in [-0.39, 0.29) is 24.0 Å². The van der Waals surface area contributed by atoms with Crippen LogP contribution in [0.5, 0.6) is 0 Å². The number of hydrogen-bond donors (Lipinski definition) is 2. The van der Waals surface area contributed by atoms with Crippen LogP contribution in [0.15, 0.2) is 39.3 Å². The summed E-state index contributed by atoms with van der Waals surface area (Å²) in [6.45, 7) is 4.96. The van der Waals surface area contributed by atoms with E-state index in [9.17, 15) is 0 Å². The standard InChI is InChI=1S/C16H23N3O2S.HI/c1-13-6-10-22-15(13)11-19-16(17-2)18-7-4-8-20-12-14-5-3-9-21-14;/h3,5-6,9-10H,4,7-8,11-12H2,1-2H3,(H2,17,18,19);1H. The summed E-state index contributed by atoms with van der Waals surface area (Å²) in [5.74, 6) is 1.68. The zero-order valence-corrected chi connectivity index (χ0v) is 16.6. The van der Waals surface area contributed by atoms with Crippen LogP contribution in [0.2, 0.25) is 0 Å². The number of rotatable bonds is 8. The van der Waals surface area contributed by atoms with E-state index in [1.54, 1.807) is 24.6 Å². The van der Waals surface area contributed by atoms with Crippen molar-refractivity contribution in [1.82, 2.24) is 10.6 Å². The lowest BCUT2D eigenvalue weighted by Gasteiger charge is -2.11. The molecule has 0 amide bonds. The Bertz CT molecular complexity index is 570. The van der Waals surface area contributed by atoms with Gasteiger partial charge in [0.2, 0.25) is 0 Å². The van der Waals surface area contributed by atoms with Crippen LogP contribution >= 0.6 is 35.3 Å². The summed E-state index contributed by atoms with van der Waals surface area (Å²) >= 11 is 1.76. The number of guanidine groups is 1. The zero-order chi connectivity index (χ0) is 15.6. The average Bonchev–Trinajstić information content (AvgIpc) is 3.17. The molecule has 0 aliphatic carbocycles. The summed E-state index contributed by atoms with van der Waals surface area (Å²) in [6, 6.07) is 5.91. The highest BCUT2D eigenvalue weighted by Gasteiger charge is 2.02. The lowest BCUT2D eigenvalue weighted by molar-refractivity contribution is 0.105. The van der Waals surface area contributed by atoms with E-state index < -0.39 is 0 Å². The van der Waals surface area contributed by atoms with Crippen LogP contribution in [-0.4, -0.2) is 26.2 Å². The van der Waals surface area contributed by atoms with Crippen LogP contribution in [-0.2, 0) is 17.9 Å². The minimum atomic E-state index is 0. The van der Waals surface area contributed by atoms with Crippen LogP contribution in [0, 0.1) is 6.92 Å². The van der Waals surface area contributed by atoms with E-state index in [1.807, 2.05) is 12.1 Å². The van der Waals surface area contributed by atoms with Gasteiger partial charge in [0, 0.05) is 25.1 Å². The van der Waals surface area contributed by atoms with Gasteiger partial charge in [0.05, 0.1) is 12.8 Å². The zero-order valence-electron chi connectivity index (χ0n) is 13.5. The number of aryl methyl sites for hydroxylation is 1. The van der Waals surface area contributed by atoms with Crippen LogP contribution < -0.4 is 10.6 Å². The maximum Gasteiger partial charge on any atom is 0.191 e.